The average Bonchev–Trinajstić information content (AvgIpc) is 3.64. The number of piperidine rings is 1. The standard InChI is InChI=1S/C34H39Cl2N9S/c1-19-7-8-23(14-27(19)35)40-30-22(16-37)17-38-31-26(30)13-24(15-28(31)36)41-32(33-20(2)39-21(3)46-33)29-18-45(43-42-29)25-9-11-44(12-10-25)34(4,5)6/h7-8,13-15,17-18,25,32,41-43H,9-12H2,1-6H3,(H,38,40)/t32-/m1/s1. The predicted molar refractivity (Wildman–Crippen MR) is 189 cm³/mol. The molecule has 4 heterocycles. The van der Waals surface area contributed by atoms with Crippen LogP contribution < -0.4 is 21.6 Å². The third-order valence-electron chi connectivity index (χ3n) is 8.72. The van der Waals surface area contributed by atoms with Crippen LogP contribution >= 0.6 is 34.5 Å². The maximum Gasteiger partial charge on any atom is 0.106 e. The summed E-state index contributed by atoms with van der Waals surface area (Å²) in [4.78, 5) is 12.9. The molecule has 4 aromatic rings. The summed E-state index contributed by atoms with van der Waals surface area (Å²) in [5.41, 5.74) is 13.1. The van der Waals surface area contributed by atoms with Gasteiger partial charge in [-0.25, -0.2) is 4.98 Å². The Kier molecular flexibility index (Phi) is 9.07. The van der Waals surface area contributed by atoms with Crippen LogP contribution in [0.5, 0.6) is 0 Å². The number of nitrogens with zero attached hydrogens (tertiary/aromatic N) is 5. The average molecular weight is 677 g/mol. The summed E-state index contributed by atoms with van der Waals surface area (Å²) in [6.45, 7) is 15.0. The number of thiazole rings is 1. The first-order chi connectivity index (χ1) is 21.9. The molecule has 0 radical (unpaired) electrons. The van der Waals surface area contributed by atoms with E-state index in [1.165, 1.54) is 0 Å². The number of nitrogens with one attached hydrogen (secondary N) is 4. The van der Waals surface area contributed by atoms with Crippen molar-refractivity contribution in [2.24, 2.45) is 0 Å². The Labute approximate surface area is 284 Å². The van der Waals surface area contributed by atoms with E-state index in [4.69, 9.17) is 28.2 Å². The van der Waals surface area contributed by atoms with Crippen LogP contribution in [-0.2, 0) is 0 Å². The first kappa shape index (κ1) is 32.4. The van der Waals surface area contributed by atoms with Gasteiger partial charge < -0.3 is 16.1 Å². The van der Waals surface area contributed by atoms with E-state index in [2.05, 4.69) is 69.5 Å². The fourth-order valence-corrected chi connectivity index (χ4v) is 7.59. The second-order valence-electron chi connectivity index (χ2n) is 13.0. The quantitative estimate of drug-likeness (QED) is 0.155. The third kappa shape index (κ3) is 6.61. The maximum atomic E-state index is 10.0. The Bertz CT molecular complexity index is 1850. The number of aromatic nitrogens is 2. The largest absolute Gasteiger partial charge is 0.372 e. The molecule has 2 aromatic carbocycles. The van der Waals surface area contributed by atoms with Crippen molar-refractivity contribution in [3.05, 3.63) is 85.2 Å². The highest BCUT2D eigenvalue weighted by atomic mass is 35.5. The SMILES string of the molecule is Cc1nc(C)c([C@H](Nc2cc(Cl)c3ncc(C#N)c(Nc4ccc(C)c(Cl)c4)c3c2)C2=CN(C3CCN(C(C)(C)C)CC3)NN2)s1. The number of halogens is 2. The van der Waals surface area contributed by atoms with Gasteiger partial charge in [-0.1, -0.05) is 29.3 Å². The molecule has 12 heteroatoms. The Morgan fingerprint density at radius 2 is 1.80 bits per heavy atom. The van der Waals surface area contributed by atoms with Crippen molar-refractivity contribution in [3.63, 3.8) is 0 Å². The Balaban J connectivity index is 1.35. The smallest absolute Gasteiger partial charge is 0.106 e. The Morgan fingerprint density at radius 3 is 2.46 bits per heavy atom. The molecule has 0 spiro atoms. The van der Waals surface area contributed by atoms with Gasteiger partial charge in [0.1, 0.15) is 12.1 Å². The minimum absolute atomic E-state index is 0.173. The number of hydrogen-bond donors (Lipinski definition) is 4. The number of hydrogen-bond acceptors (Lipinski definition) is 10. The third-order valence-corrected chi connectivity index (χ3v) is 10.6. The van der Waals surface area contributed by atoms with Gasteiger partial charge in [-0.3, -0.25) is 14.9 Å². The predicted octanol–water partition coefficient (Wildman–Crippen LogP) is 8.12. The molecule has 0 amide bonds. The van der Waals surface area contributed by atoms with Crippen LogP contribution in [0.25, 0.3) is 10.9 Å². The van der Waals surface area contributed by atoms with Crippen LogP contribution in [0.2, 0.25) is 10.0 Å². The first-order valence-corrected chi connectivity index (χ1v) is 17.0. The Morgan fingerprint density at radius 1 is 1.07 bits per heavy atom. The lowest BCUT2D eigenvalue weighted by molar-refractivity contribution is 0.0570. The Hall–Kier alpha value is -3.59. The van der Waals surface area contributed by atoms with Gasteiger partial charge in [0, 0.05) is 58.9 Å². The molecule has 2 aliphatic heterocycles. The lowest BCUT2D eigenvalue weighted by atomic mass is 9.98. The van der Waals surface area contributed by atoms with E-state index in [1.807, 2.05) is 51.1 Å². The number of pyridine rings is 1. The number of rotatable bonds is 7. The number of hydrazine groups is 2. The summed E-state index contributed by atoms with van der Waals surface area (Å²) in [5.74, 6) is 0. The molecule has 1 saturated heterocycles. The van der Waals surface area contributed by atoms with E-state index in [9.17, 15) is 5.26 Å². The molecule has 6 rings (SSSR count). The van der Waals surface area contributed by atoms with Gasteiger partial charge in [0.05, 0.1) is 43.1 Å². The van der Waals surface area contributed by atoms with E-state index >= 15 is 0 Å². The van der Waals surface area contributed by atoms with Crippen molar-refractivity contribution < 1.29 is 0 Å². The molecule has 2 aromatic heterocycles. The number of benzene rings is 2. The summed E-state index contributed by atoms with van der Waals surface area (Å²) in [6, 6.07) is 12.0. The summed E-state index contributed by atoms with van der Waals surface area (Å²) in [6.07, 6.45) is 5.87. The molecule has 46 heavy (non-hydrogen) atoms. The molecule has 9 nitrogen and oxygen atoms in total. The van der Waals surface area contributed by atoms with Crippen molar-refractivity contribution in [1.82, 2.24) is 30.8 Å². The van der Waals surface area contributed by atoms with Gasteiger partial charge in [0.15, 0.2) is 0 Å². The lowest BCUT2D eigenvalue weighted by Crippen LogP contribution is -2.52. The molecule has 240 valence electrons. The molecule has 4 N–H and O–H groups in total. The molecule has 1 fully saturated rings. The second-order valence-corrected chi connectivity index (χ2v) is 15.0. The topological polar surface area (TPSA) is 104 Å². The summed E-state index contributed by atoms with van der Waals surface area (Å²) in [7, 11) is 0. The number of likely N-dealkylation sites (tertiary alicyclic amines) is 1. The van der Waals surface area contributed by atoms with Gasteiger partial charge in [0.25, 0.3) is 0 Å². The zero-order chi connectivity index (χ0) is 32.7. The lowest BCUT2D eigenvalue weighted by Gasteiger charge is -2.42. The number of aryl methyl sites for hydroxylation is 3. The van der Waals surface area contributed by atoms with Crippen LogP contribution in [-0.4, -0.2) is 44.5 Å². The van der Waals surface area contributed by atoms with Crippen molar-refractivity contribution in [1.29, 1.82) is 5.26 Å². The van der Waals surface area contributed by atoms with Crippen molar-refractivity contribution in [2.75, 3.05) is 23.7 Å². The zero-order valence-electron chi connectivity index (χ0n) is 26.9. The van der Waals surface area contributed by atoms with E-state index in [1.54, 1.807) is 17.5 Å². The molecule has 1 atom stereocenters. The van der Waals surface area contributed by atoms with Crippen LogP contribution in [0, 0.1) is 32.1 Å². The highest BCUT2D eigenvalue weighted by Crippen LogP contribution is 2.39. The molecule has 0 unspecified atom stereocenters. The molecule has 2 aliphatic rings. The summed E-state index contributed by atoms with van der Waals surface area (Å²) in [5, 5.41) is 22.2. The highest BCUT2D eigenvalue weighted by molar-refractivity contribution is 7.11. The second kappa shape index (κ2) is 12.9. The monoisotopic (exact) mass is 675 g/mol. The first-order valence-electron chi connectivity index (χ1n) is 15.4. The molecular weight excluding hydrogens is 637 g/mol. The van der Waals surface area contributed by atoms with Crippen LogP contribution in [0.3, 0.4) is 0 Å². The van der Waals surface area contributed by atoms with Crippen LogP contribution in [0.15, 0.2) is 48.4 Å². The molecule has 0 bridgehead atoms. The molecule has 0 saturated carbocycles. The van der Waals surface area contributed by atoms with Crippen molar-refractivity contribution in [3.8, 4) is 6.07 Å². The zero-order valence-corrected chi connectivity index (χ0v) is 29.3. The molecule has 0 aliphatic carbocycles. The number of fused-ring (bicyclic) bond motifs is 1. The summed E-state index contributed by atoms with van der Waals surface area (Å²) < 4.78 is 0. The number of anilines is 3. The number of nitriles is 1. The normalized spacial score (nSPS) is 16.7. The van der Waals surface area contributed by atoms with Crippen molar-refractivity contribution in [2.45, 2.75) is 72.0 Å². The van der Waals surface area contributed by atoms with E-state index < -0.39 is 0 Å². The fraction of sp³-hybridized carbons (Fsp3) is 0.382. The van der Waals surface area contributed by atoms with Gasteiger partial charge in [0.2, 0.25) is 0 Å². The van der Waals surface area contributed by atoms with Gasteiger partial charge in [-0.05, 0) is 84.2 Å². The van der Waals surface area contributed by atoms with Gasteiger partial charge in [-0.15, -0.1) is 16.9 Å². The fourth-order valence-electron chi connectivity index (χ4n) is 6.15. The minimum Gasteiger partial charge on any atom is -0.372 e. The maximum absolute atomic E-state index is 10.0. The van der Waals surface area contributed by atoms with Crippen molar-refractivity contribution >= 4 is 62.5 Å². The van der Waals surface area contributed by atoms with Crippen LogP contribution in [0.1, 0.15) is 66.4 Å². The van der Waals surface area contributed by atoms with Crippen LogP contribution in [0.4, 0.5) is 17.1 Å². The highest BCUT2D eigenvalue weighted by Gasteiger charge is 2.33. The van der Waals surface area contributed by atoms with E-state index in [0.29, 0.717) is 32.9 Å². The summed E-state index contributed by atoms with van der Waals surface area (Å²) >= 11 is 15.0. The van der Waals surface area contributed by atoms with Gasteiger partial charge >= 0.3 is 0 Å². The minimum atomic E-state index is -0.230. The van der Waals surface area contributed by atoms with E-state index in [-0.39, 0.29) is 11.6 Å². The van der Waals surface area contributed by atoms with Gasteiger partial charge in [-0.2, -0.15) is 5.26 Å². The molecular formula is C34H39Cl2N9S. The van der Waals surface area contributed by atoms with E-state index in [0.717, 1.165) is 69.5 Å².